The lowest BCUT2D eigenvalue weighted by molar-refractivity contribution is 0.199. The zero-order valence-electron chi connectivity index (χ0n) is 20.2. The number of nitrogens with one attached hydrogen (secondary N) is 1. The molecule has 1 aliphatic heterocycles. The van der Waals surface area contributed by atoms with E-state index in [2.05, 4.69) is 33.0 Å². The Kier molecular flexibility index (Phi) is 9.53. The Bertz CT molecular complexity index is 776. The maximum Gasteiger partial charge on any atom is 0.282 e. The molecule has 0 spiro atoms. The lowest BCUT2D eigenvalue weighted by Gasteiger charge is -2.36. The molecule has 0 saturated carbocycles. The summed E-state index contributed by atoms with van der Waals surface area (Å²) in [6, 6.07) is 10.9. The fourth-order valence-corrected chi connectivity index (χ4v) is 8.31. The number of methoxy groups -OCH3 is 1. The summed E-state index contributed by atoms with van der Waals surface area (Å²) in [6.07, 6.45) is 0.760. The van der Waals surface area contributed by atoms with Gasteiger partial charge in [-0.3, -0.25) is 0 Å². The van der Waals surface area contributed by atoms with Crippen LogP contribution in [0.4, 0.5) is 0 Å². The highest BCUT2D eigenvalue weighted by Gasteiger charge is 2.43. The number of ether oxygens (including phenoxy) is 1. The van der Waals surface area contributed by atoms with Crippen molar-refractivity contribution in [1.82, 2.24) is 13.9 Å². The fourth-order valence-electron chi connectivity index (χ4n) is 4.36. The van der Waals surface area contributed by atoms with Crippen molar-refractivity contribution in [1.29, 1.82) is 0 Å². The summed E-state index contributed by atoms with van der Waals surface area (Å²) < 4.78 is 41.4. The second-order valence-electron chi connectivity index (χ2n) is 8.72. The van der Waals surface area contributed by atoms with E-state index in [1.165, 1.54) is 4.31 Å². The maximum atomic E-state index is 13.3. The van der Waals surface area contributed by atoms with E-state index < -0.39 is 18.5 Å². The van der Waals surface area contributed by atoms with Gasteiger partial charge in [-0.05, 0) is 49.2 Å². The van der Waals surface area contributed by atoms with Crippen LogP contribution in [0, 0.1) is 0 Å². The van der Waals surface area contributed by atoms with Gasteiger partial charge in [0.1, 0.15) is 5.75 Å². The van der Waals surface area contributed by atoms with Gasteiger partial charge < -0.3 is 14.5 Å². The lowest BCUT2D eigenvalue weighted by Crippen LogP contribution is -2.53. The molecule has 178 valence electrons. The highest BCUT2D eigenvalue weighted by molar-refractivity contribution is 7.86. The van der Waals surface area contributed by atoms with Crippen LogP contribution in [0.25, 0.3) is 0 Å². The third-order valence-electron chi connectivity index (χ3n) is 6.69. The number of benzene rings is 1. The van der Waals surface area contributed by atoms with Crippen LogP contribution in [0.3, 0.4) is 0 Å². The molecule has 0 aromatic heterocycles. The van der Waals surface area contributed by atoms with Gasteiger partial charge >= 0.3 is 0 Å². The highest BCUT2D eigenvalue weighted by atomic mass is 32.2. The first kappa shape index (κ1) is 26.3. The third kappa shape index (κ3) is 6.30. The topological polar surface area (TPSA) is 71.1 Å². The van der Waals surface area contributed by atoms with Crippen LogP contribution in [0.5, 0.6) is 5.75 Å². The van der Waals surface area contributed by atoms with Crippen molar-refractivity contribution in [2.24, 2.45) is 0 Å². The van der Waals surface area contributed by atoms with Gasteiger partial charge in [0.2, 0.25) is 0 Å². The van der Waals surface area contributed by atoms with Gasteiger partial charge in [-0.15, -0.1) is 0 Å². The summed E-state index contributed by atoms with van der Waals surface area (Å²) in [6.45, 7) is 9.64. The molecule has 1 aliphatic rings. The van der Waals surface area contributed by atoms with Crippen LogP contribution >= 0.6 is 0 Å². The molecule has 2 rings (SSSR count). The molecule has 7 nitrogen and oxygen atoms in total. The van der Waals surface area contributed by atoms with Crippen LogP contribution < -0.4 is 10.1 Å². The smallest absolute Gasteiger partial charge is 0.282 e. The lowest BCUT2D eigenvalue weighted by atomic mass is 10.1. The SMILES string of the molecule is CC[Si](CC)(CC)OC[C@@H]1N[C@H](C)C[C@@H]1N(Cc1ccc(OC)cc1)S(=O)(=O)N(C)C. The molecular formula is C22H41N3O4SSi. The van der Waals surface area contributed by atoms with Gasteiger partial charge in [-0.25, -0.2) is 0 Å². The molecule has 0 radical (unpaired) electrons. The van der Waals surface area contributed by atoms with E-state index in [-0.39, 0.29) is 18.1 Å². The first-order valence-corrected chi connectivity index (χ1v) is 15.3. The van der Waals surface area contributed by atoms with Gasteiger partial charge in [0, 0.05) is 38.8 Å². The van der Waals surface area contributed by atoms with Crippen molar-refractivity contribution < 1.29 is 17.6 Å². The summed E-state index contributed by atoms with van der Waals surface area (Å²) in [5.74, 6) is 0.758. The van der Waals surface area contributed by atoms with Gasteiger partial charge in [0.25, 0.3) is 10.2 Å². The average molecular weight is 472 g/mol. The fraction of sp³-hybridized carbons (Fsp3) is 0.727. The third-order valence-corrected chi connectivity index (χ3v) is 13.2. The number of hydrogen-bond acceptors (Lipinski definition) is 5. The van der Waals surface area contributed by atoms with Crippen LogP contribution in [-0.4, -0.2) is 71.3 Å². The molecule has 3 atom stereocenters. The minimum atomic E-state index is -3.61. The van der Waals surface area contributed by atoms with E-state index in [0.717, 1.165) is 35.9 Å². The summed E-state index contributed by atoms with van der Waals surface area (Å²) in [4.78, 5) is 0. The van der Waals surface area contributed by atoms with E-state index in [1.807, 2.05) is 24.3 Å². The van der Waals surface area contributed by atoms with Crippen molar-refractivity contribution in [2.75, 3.05) is 27.8 Å². The summed E-state index contributed by atoms with van der Waals surface area (Å²) in [7, 11) is -0.554. The molecular weight excluding hydrogens is 430 g/mol. The standard InChI is InChI=1S/C22H41N3O4SSi/c1-8-31(9-2,10-3)29-17-21-22(15-18(4)23-21)25(30(26,27)24(5)6)16-19-11-13-20(28-7)14-12-19/h11-14,18,21-23H,8-10,15-17H2,1-7H3/t18-,21+,22+/m1/s1. The zero-order valence-corrected chi connectivity index (χ0v) is 22.0. The van der Waals surface area contributed by atoms with E-state index in [4.69, 9.17) is 9.16 Å². The zero-order chi connectivity index (χ0) is 23.2. The Balaban J connectivity index is 2.31. The minimum Gasteiger partial charge on any atom is -0.497 e. The first-order chi connectivity index (χ1) is 14.6. The quantitative estimate of drug-likeness (QED) is 0.473. The molecule has 9 heteroatoms. The average Bonchev–Trinajstić information content (AvgIpc) is 3.13. The van der Waals surface area contributed by atoms with Crippen molar-refractivity contribution >= 4 is 18.5 Å². The Labute approximate surface area is 190 Å². The molecule has 0 amide bonds. The van der Waals surface area contributed by atoms with E-state index in [0.29, 0.717) is 13.2 Å². The first-order valence-electron chi connectivity index (χ1n) is 11.3. The van der Waals surface area contributed by atoms with Gasteiger partial charge in [-0.2, -0.15) is 17.0 Å². The monoisotopic (exact) mass is 471 g/mol. The number of rotatable bonds is 12. The molecule has 1 aromatic rings. The van der Waals surface area contributed by atoms with Crippen molar-refractivity contribution in [3.63, 3.8) is 0 Å². The Morgan fingerprint density at radius 3 is 2.16 bits per heavy atom. The predicted octanol–water partition coefficient (Wildman–Crippen LogP) is 3.44. The second kappa shape index (κ2) is 11.2. The molecule has 0 unspecified atom stereocenters. The van der Waals surface area contributed by atoms with E-state index in [1.54, 1.807) is 25.5 Å². The van der Waals surface area contributed by atoms with Crippen molar-refractivity contribution in [3.05, 3.63) is 29.8 Å². The maximum absolute atomic E-state index is 13.3. The predicted molar refractivity (Wildman–Crippen MR) is 129 cm³/mol. The normalized spacial score (nSPS) is 22.4. The molecule has 0 aliphatic carbocycles. The van der Waals surface area contributed by atoms with E-state index >= 15 is 0 Å². The van der Waals surface area contributed by atoms with Crippen molar-refractivity contribution in [3.8, 4) is 5.75 Å². The number of nitrogens with zero attached hydrogens (tertiary/aromatic N) is 2. The van der Waals surface area contributed by atoms with Crippen LogP contribution in [-0.2, 0) is 21.2 Å². The molecule has 0 bridgehead atoms. The number of hydrogen-bond donors (Lipinski definition) is 1. The van der Waals surface area contributed by atoms with Gasteiger partial charge in [0.05, 0.1) is 13.7 Å². The van der Waals surface area contributed by atoms with Gasteiger partial charge in [-0.1, -0.05) is 32.9 Å². The molecule has 1 saturated heterocycles. The Hall–Kier alpha value is -0.973. The molecule has 1 heterocycles. The van der Waals surface area contributed by atoms with Crippen LogP contribution in [0.15, 0.2) is 24.3 Å². The second-order valence-corrected chi connectivity index (χ2v) is 15.6. The molecule has 1 N–H and O–H groups in total. The van der Waals surface area contributed by atoms with Crippen LogP contribution in [0.1, 0.15) is 39.7 Å². The summed E-state index contributed by atoms with van der Waals surface area (Å²) in [5.41, 5.74) is 0.935. The van der Waals surface area contributed by atoms with E-state index in [9.17, 15) is 8.42 Å². The minimum absolute atomic E-state index is 0.0282. The summed E-state index contributed by atoms with van der Waals surface area (Å²) >= 11 is 0. The van der Waals surface area contributed by atoms with Crippen molar-refractivity contribution in [2.45, 2.75) is 76.9 Å². The highest BCUT2D eigenvalue weighted by Crippen LogP contribution is 2.28. The largest absolute Gasteiger partial charge is 0.497 e. The Morgan fingerprint density at radius 2 is 1.68 bits per heavy atom. The van der Waals surface area contributed by atoms with Gasteiger partial charge in [0.15, 0.2) is 8.32 Å². The molecule has 1 fully saturated rings. The summed E-state index contributed by atoms with van der Waals surface area (Å²) in [5, 5.41) is 3.60. The molecule has 31 heavy (non-hydrogen) atoms. The van der Waals surface area contributed by atoms with Crippen LogP contribution in [0.2, 0.25) is 18.1 Å². The Morgan fingerprint density at radius 1 is 1.10 bits per heavy atom. The molecule has 1 aromatic carbocycles.